The third-order valence-corrected chi connectivity index (χ3v) is 2.68. The minimum atomic E-state index is 0.442. The molecule has 92 valence electrons. The van der Waals surface area contributed by atoms with E-state index < -0.39 is 0 Å². The molecule has 0 aromatic carbocycles. The second-order valence-corrected chi connectivity index (χ2v) is 4.30. The van der Waals surface area contributed by atoms with Crippen molar-refractivity contribution in [2.75, 3.05) is 13.1 Å². The Morgan fingerprint density at radius 1 is 1.25 bits per heavy atom. The molecule has 0 radical (unpaired) electrons. The first-order chi connectivity index (χ1) is 7.69. The summed E-state index contributed by atoms with van der Waals surface area (Å²) < 4.78 is 2.07. The number of hydrogen-bond acceptors (Lipinski definition) is 3. The van der Waals surface area contributed by atoms with Gasteiger partial charge in [-0.1, -0.05) is 20.3 Å². The van der Waals surface area contributed by atoms with Crippen molar-refractivity contribution in [3.63, 3.8) is 0 Å². The van der Waals surface area contributed by atoms with Crippen LogP contribution in [-0.2, 0) is 0 Å². The van der Waals surface area contributed by atoms with E-state index in [1.165, 1.54) is 12.8 Å². The second-order valence-electron chi connectivity index (χ2n) is 4.30. The van der Waals surface area contributed by atoms with Crippen LogP contribution in [-0.4, -0.2) is 27.9 Å². The second kappa shape index (κ2) is 6.63. The quantitative estimate of drug-likeness (QED) is 0.722. The van der Waals surface area contributed by atoms with E-state index in [2.05, 4.69) is 33.9 Å². The predicted octanol–water partition coefficient (Wildman–Crippen LogP) is 2.24. The van der Waals surface area contributed by atoms with Crippen LogP contribution in [0.2, 0.25) is 0 Å². The predicted molar refractivity (Wildman–Crippen MR) is 66.6 cm³/mol. The molecule has 16 heavy (non-hydrogen) atoms. The number of nitrogens with zero attached hydrogens (tertiary/aromatic N) is 3. The fourth-order valence-corrected chi connectivity index (χ4v) is 1.97. The van der Waals surface area contributed by atoms with Gasteiger partial charge < -0.3 is 5.32 Å². The monoisotopic (exact) mass is 224 g/mol. The molecule has 4 nitrogen and oxygen atoms in total. The van der Waals surface area contributed by atoms with Gasteiger partial charge in [-0.2, -0.15) is 5.10 Å². The fraction of sp³-hybridized carbons (Fsp3) is 0.833. The van der Waals surface area contributed by atoms with Crippen LogP contribution in [0, 0.1) is 13.8 Å². The molecule has 0 amide bonds. The molecule has 0 fully saturated rings. The largest absolute Gasteiger partial charge is 0.315 e. The first-order valence-electron chi connectivity index (χ1n) is 6.29. The Kier molecular flexibility index (Phi) is 5.46. The maximum absolute atomic E-state index is 4.47. The summed E-state index contributed by atoms with van der Waals surface area (Å²) in [5.74, 6) is 1.89. The van der Waals surface area contributed by atoms with E-state index in [9.17, 15) is 0 Å². The first kappa shape index (κ1) is 13.2. The maximum Gasteiger partial charge on any atom is 0.147 e. The van der Waals surface area contributed by atoms with E-state index in [4.69, 9.17) is 0 Å². The highest BCUT2D eigenvalue weighted by molar-refractivity contribution is 4.90. The molecule has 1 aromatic rings. The van der Waals surface area contributed by atoms with Crippen LogP contribution in [0.15, 0.2) is 0 Å². The molecule has 0 aliphatic carbocycles. The van der Waals surface area contributed by atoms with E-state index >= 15 is 0 Å². The molecule has 0 spiro atoms. The third-order valence-electron chi connectivity index (χ3n) is 2.68. The lowest BCUT2D eigenvalue weighted by Crippen LogP contribution is -2.27. The lowest BCUT2D eigenvalue weighted by atomic mass is 10.1. The van der Waals surface area contributed by atoms with Gasteiger partial charge in [0.25, 0.3) is 0 Å². The van der Waals surface area contributed by atoms with Crippen LogP contribution in [0.3, 0.4) is 0 Å². The molecule has 1 N–H and O–H groups in total. The summed E-state index contributed by atoms with van der Waals surface area (Å²) in [4.78, 5) is 4.37. The maximum atomic E-state index is 4.47. The van der Waals surface area contributed by atoms with Crippen LogP contribution in [0.1, 0.15) is 50.8 Å². The normalized spacial score (nSPS) is 13.0. The van der Waals surface area contributed by atoms with Gasteiger partial charge in [0.15, 0.2) is 0 Å². The van der Waals surface area contributed by atoms with Crippen LogP contribution < -0.4 is 5.32 Å². The van der Waals surface area contributed by atoms with Crippen LogP contribution in [0.25, 0.3) is 0 Å². The van der Waals surface area contributed by atoms with Crippen molar-refractivity contribution < 1.29 is 0 Å². The minimum Gasteiger partial charge on any atom is -0.315 e. The topological polar surface area (TPSA) is 42.7 Å². The molecular weight excluding hydrogens is 200 g/mol. The summed E-state index contributed by atoms with van der Waals surface area (Å²) in [6, 6.07) is 0.442. The van der Waals surface area contributed by atoms with Gasteiger partial charge in [-0.15, -0.1) is 0 Å². The zero-order chi connectivity index (χ0) is 12.0. The van der Waals surface area contributed by atoms with Crippen molar-refractivity contribution in [2.24, 2.45) is 0 Å². The molecule has 1 unspecified atom stereocenters. The lowest BCUT2D eigenvalue weighted by molar-refractivity contribution is 0.387. The van der Waals surface area contributed by atoms with Crippen LogP contribution in [0.4, 0.5) is 0 Å². The average molecular weight is 224 g/mol. The van der Waals surface area contributed by atoms with E-state index in [0.717, 1.165) is 31.2 Å². The Morgan fingerprint density at radius 3 is 2.50 bits per heavy atom. The van der Waals surface area contributed by atoms with Gasteiger partial charge in [-0.3, -0.25) is 0 Å². The summed E-state index contributed by atoms with van der Waals surface area (Å²) in [5, 5.41) is 7.94. The number of aryl methyl sites for hydroxylation is 2. The van der Waals surface area contributed by atoms with E-state index in [0.29, 0.717) is 6.04 Å². The summed E-state index contributed by atoms with van der Waals surface area (Å²) in [6.07, 6.45) is 3.51. The average Bonchev–Trinajstić information content (AvgIpc) is 2.57. The van der Waals surface area contributed by atoms with E-state index in [1.807, 2.05) is 13.8 Å². The Morgan fingerprint density at radius 2 is 2.00 bits per heavy atom. The number of nitrogens with one attached hydrogen (secondary N) is 1. The standard InChI is InChI=1S/C12H24N4/c1-5-7-12(9-13-8-6-2)16-11(4)14-10(3)15-16/h12-13H,5-9H2,1-4H3. The molecule has 1 heterocycles. The SMILES string of the molecule is CCCNCC(CCC)n1nc(C)nc1C. The molecule has 1 aromatic heterocycles. The Hall–Kier alpha value is -0.900. The highest BCUT2D eigenvalue weighted by Gasteiger charge is 2.13. The van der Waals surface area contributed by atoms with Crippen molar-refractivity contribution in [3.05, 3.63) is 11.6 Å². The summed E-state index contributed by atoms with van der Waals surface area (Å²) in [7, 11) is 0. The molecule has 4 heteroatoms. The Labute approximate surface area is 98.5 Å². The van der Waals surface area contributed by atoms with Crippen LogP contribution >= 0.6 is 0 Å². The third kappa shape index (κ3) is 3.59. The van der Waals surface area contributed by atoms with Gasteiger partial charge in [0, 0.05) is 6.54 Å². The summed E-state index contributed by atoms with van der Waals surface area (Å²) in [6.45, 7) is 10.4. The van der Waals surface area contributed by atoms with Gasteiger partial charge >= 0.3 is 0 Å². The smallest absolute Gasteiger partial charge is 0.147 e. The van der Waals surface area contributed by atoms with Gasteiger partial charge in [0.05, 0.1) is 6.04 Å². The molecule has 0 bridgehead atoms. The summed E-state index contributed by atoms with van der Waals surface area (Å²) >= 11 is 0. The molecular formula is C12H24N4. The highest BCUT2D eigenvalue weighted by atomic mass is 15.4. The molecule has 0 saturated heterocycles. The lowest BCUT2D eigenvalue weighted by Gasteiger charge is -2.18. The highest BCUT2D eigenvalue weighted by Crippen LogP contribution is 2.13. The van der Waals surface area contributed by atoms with Crippen molar-refractivity contribution in [1.29, 1.82) is 0 Å². The number of aromatic nitrogens is 3. The van der Waals surface area contributed by atoms with E-state index in [1.54, 1.807) is 0 Å². The Bertz CT molecular complexity index is 306. The summed E-state index contributed by atoms with van der Waals surface area (Å²) in [5.41, 5.74) is 0. The number of hydrogen-bond donors (Lipinski definition) is 1. The van der Waals surface area contributed by atoms with Gasteiger partial charge in [-0.25, -0.2) is 9.67 Å². The zero-order valence-corrected chi connectivity index (χ0v) is 11.0. The number of rotatable bonds is 7. The van der Waals surface area contributed by atoms with Crippen molar-refractivity contribution >= 4 is 0 Å². The minimum absolute atomic E-state index is 0.442. The van der Waals surface area contributed by atoms with Crippen molar-refractivity contribution in [1.82, 2.24) is 20.1 Å². The van der Waals surface area contributed by atoms with Crippen molar-refractivity contribution in [2.45, 2.75) is 53.0 Å². The Balaban J connectivity index is 2.64. The molecule has 0 saturated carbocycles. The molecule has 0 aliphatic heterocycles. The molecule has 0 aliphatic rings. The zero-order valence-electron chi connectivity index (χ0n) is 11.0. The first-order valence-corrected chi connectivity index (χ1v) is 6.29. The van der Waals surface area contributed by atoms with E-state index in [-0.39, 0.29) is 0 Å². The fourth-order valence-electron chi connectivity index (χ4n) is 1.97. The van der Waals surface area contributed by atoms with Gasteiger partial charge in [-0.05, 0) is 33.2 Å². The van der Waals surface area contributed by atoms with Gasteiger partial charge in [0.2, 0.25) is 0 Å². The molecule has 1 rings (SSSR count). The van der Waals surface area contributed by atoms with Crippen molar-refractivity contribution in [3.8, 4) is 0 Å². The molecule has 1 atom stereocenters. The van der Waals surface area contributed by atoms with Gasteiger partial charge in [0.1, 0.15) is 11.6 Å². The van der Waals surface area contributed by atoms with Crippen LogP contribution in [0.5, 0.6) is 0 Å².